The number of carbonyl (C=O) groups is 2. The van der Waals surface area contributed by atoms with Gasteiger partial charge in [-0.2, -0.15) is 5.10 Å². The minimum atomic E-state index is -0.608. The van der Waals surface area contributed by atoms with Crippen molar-refractivity contribution < 1.29 is 18.7 Å². The van der Waals surface area contributed by atoms with Crippen molar-refractivity contribution in [3.05, 3.63) is 113 Å². The van der Waals surface area contributed by atoms with Gasteiger partial charge in [0.2, 0.25) is 0 Å². The molecule has 5 aromatic rings. The Labute approximate surface area is 226 Å². The molecule has 188 valence electrons. The van der Waals surface area contributed by atoms with Crippen molar-refractivity contribution in [3.63, 3.8) is 0 Å². The second kappa shape index (κ2) is 10.2. The Morgan fingerprint density at radius 2 is 1.79 bits per heavy atom. The minimum absolute atomic E-state index is 0.341. The van der Waals surface area contributed by atoms with Gasteiger partial charge < -0.3 is 9.15 Å². The molecule has 0 aliphatic carbocycles. The van der Waals surface area contributed by atoms with Gasteiger partial charge in [-0.25, -0.2) is 14.8 Å². The van der Waals surface area contributed by atoms with Gasteiger partial charge in [-0.1, -0.05) is 54.1 Å². The van der Waals surface area contributed by atoms with Gasteiger partial charge in [0.05, 0.1) is 27.8 Å². The van der Waals surface area contributed by atoms with E-state index in [1.807, 2.05) is 48.5 Å². The molecule has 0 fully saturated rings. The summed E-state index contributed by atoms with van der Waals surface area (Å²) in [5.41, 5.74) is 3.42. The van der Waals surface area contributed by atoms with E-state index in [-0.39, 0.29) is 0 Å². The van der Waals surface area contributed by atoms with E-state index >= 15 is 0 Å². The molecule has 7 nitrogen and oxygen atoms in total. The lowest BCUT2D eigenvalue weighted by Crippen LogP contribution is -2.31. The number of ether oxygens (including phenoxy) is 1. The average molecular weight is 542 g/mol. The van der Waals surface area contributed by atoms with Gasteiger partial charge >= 0.3 is 5.97 Å². The van der Waals surface area contributed by atoms with E-state index in [4.69, 9.17) is 20.8 Å². The summed E-state index contributed by atoms with van der Waals surface area (Å²) in [4.78, 5) is 31.0. The highest BCUT2D eigenvalue weighted by molar-refractivity contribution is 7.21. The highest BCUT2D eigenvalue weighted by Gasteiger charge is 2.35. The summed E-state index contributed by atoms with van der Waals surface area (Å²) >= 11 is 7.52. The second-order valence-corrected chi connectivity index (χ2v) is 10.1. The molecule has 3 heterocycles. The summed E-state index contributed by atoms with van der Waals surface area (Å²) in [6.07, 6.45) is 2.01. The third kappa shape index (κ3) is 4.71. The van der Waals surface area contributed by atoms with Crippen LogP contribution in [0.3, 0.4) is 0 Å². The number of rotatable bonds is 6. The molecule has 0 saturated carbocycles. The van der Waals surface area contributed by atoms with E-state index in [1.165, 1.54) is 16.3 Å². The van der Waals surface area contributed by atoms with Crippen molar-refractivity contribution in [2.45, 2.75) is 12.5 Å². The molecule has 0 saturated heterocycles. The lowest BCUT2D eigenvalue weighted by atomic mass is 10.0. The van der Waals surface area contributed by atoms with Crippen LogP contribution in [0.2, 0.25) is 5.02 Å². The fourth-order valence-electron chi connectivity index (χ4n) is 4.37. The van der Waals surface area contributed by atoms with Crippen LogP contribution in [0, 0.1) is 0 Å². The van der Waals surface area contributed by atoms with Crippen LogP contribution >= 0.6 is 22.9 Å². The SMILES string of the molecule is O=C(OCC(=O)N1N=C(c2ccc(Cl)cc2)CC1c1ccco1)c1ccccc1-c1nc2ccccc2s1. The second-order valence-electron chi connectivity index (χ2n) is 8.64. The number of aromatic nitrogens is 1. The number of hydrogen-bond acceptors (Lipinski definition) is 7. The number of para-hydroxylation sites is 1. The molecule has 1 unspecified atom stereocenters. The van der Waals surface area contributed by atoms with E-state index in [9.17, 15) is 9.59 Å². The molecule has 38 heavy (non-hydrogen) atoms. The van der Waals surface area contributed by atoms with Crippen molar-refractivity contribution in [1.82, 2.24) is 9.99 Å². The molecule has 3 aromatic carbocycles. The number of halogens is 1. The van der Waals surface area contributed by atoms with Gasteiger partial charge in [0, 0.05) is 17.0 Å². The van der Waals surface area contributed by atoms with Crippen molar-refractivity contribution in [2.75, 3.05) is 6.61 Å². The average Bonchev–Trinajstić information content (AvgIpc) is 3.71. The highest BCUT2D eigenvalue weighted by atomic mass is 35.5. The first kappa shape index (κ1) is 24.1. The summed E-state index contributed by atoms with van der Waals surface area (Å²) in [6, 6.07) is 25.3. The molecule has 6 rings (SSSR count). The maximum Gasteiger partial charge on any atom is 0.339 e. The standard InChI is InChI=1S/C29H20ClN3O4S/c30-19-13-11-18(12-14-19)23-16-24(25-9-5-15-36-25)33(32-23)27(34)17-37-29(35)21-7-2-1-6-20(21)28-31-22-8-3-4-10-26(22)38-28/h1-15,24H,16-17H2. The molecule has 0 radical (unpaired) electrons. The van der Waals surface area contributed by atoms with Crippen molar-refractivity contribution in [2.24, 2.45) is 5.10 Å². The van der Waals surface area contributed by atoms with E-state index in [0.29, 0.717) is 39.0 Å². The predicted octanol–water partition coefficient (Wildman–Crippen LogP) is 6.74. The summed E-state index contributed by atoms with van der Waals surface area (Å²) in [5, 5.41) is 7.21. The lowest BCUT2D eigenvalue weighted by molar-refractivity contribution is -0.136. The lowest BCUT2D eigenvalue weighted by Gasteiger charge is -2.19. The number of fused-ring (bicyclic) bond motifs is 1. The van der Waals surface area contributed by atoms with Crippen LogP contribution in [0.15, 0.2) is 101 Å². The van der Waals surface area contributed by atoms with E-state index in [2.05, 4.69) is 10.1 Å². The normalized spacial score (nSPS) is 15.0. The molecule has 0 bridgehead atoms. The largest absolute Gasteiger partial charge is 0.467 e. The highest BCUT2D eigenvalue weighted by Crippen LogP contribution is 2.34. The molecule has 9 heteroatoms. The Bertz CT molecular complexity index is 1630. The van der Waals surface area contributed by atoms with Crippen LogP contribution in [0.4, 0.5) is 0 Å². The molecule has 1 aliphatic heterocycles. The van der Waals surface area contributed by atoms with Gasteiger partial charge in [-0.3, -0.25) is 4.79 Å². The maximum absolute atomic E-state index is 13.3. The van der Waals surface area contributed by atoms with E-state index < -0.39 is 24.5 Å². The maximum atomic E-state index is 13.3. The van der Waals surface area contributed by atoms with Crippen LogP contribution in [0.5, 0.6) is 0 Å². The fourth-order valence-corrected chi connectivity index (χ4v) is 5.50. The molecule has 0 N–H and O–H groups in total. The number of hydrogen-bond donors (Lipinski definition) is 0. The van der Waals surface area contributed by atoms with Crippen LogP contribution < -0.4 is 0 Å². The Balaban J connectivity index is 1.22. The van der Waals surface area contributed by atoms with Gasteiger partial charge in [0.1, 0.15) is 16.8 Å². The third-order valence-corrected chi connectivity index (χ3v) is 7.53. The predicted molar refractivity (Wildman–Crippen MR) is 146 cm³/mol. The zero-order chi connectivity index (χ0) is 26.1. The zero-order valence-corrected chi connectivity index (χ0v) is 21.5. The first-order valence-corrected chi connectivity index (χ1v) is 13.1. The molecular weight excluding hydrogens is 522 g/mol. The number of benzene rings is 3. The van der Waals surface area contributed by atoms with Crippen LogP contribution in [0.25, 0.3) is 20.8 Å². The molecule has 2 aromatic heterocycles. The smallest absolute Gasteiger partial charge is 0.339 e. The van der Waals surface area contributed by atoms with Crippen LogP contribution in [-0.2, 0) is 9.53 Å². The van der Waals surface area contributed by atoms with Gasteiger partial charge in [-0.15, -0.1) is 11.3 Å². The first-order chi connectivity index (χ1) is 18.6. The van der Waals surface area contributed by atoms with Crippen molar-refractivity contribution >= 4 is 50.7 Å². The third-order valence-electron chi connectivity index (χ3n) is 6.21. The summed E-state index contributed by atoms with van der Waals surface area (Å²) in [7, 11) is 0. The topological polar surface area (TPSA) is 85.0 Å². The van der Waals surface area contributed by atoms with Crippen LogP contribution in [-0.4, -0.2) is 34.2 Å². The Morgan fingerprint density at radius 1 is 1.00 bits per heavy atom. The fraction of sp³-hybridized carbons (Fsp3) is 0.103. The summed E-state index contributed by atoms with van der Waals surface area (Å²) in [6.45, 7) is -0.471. The molecule has 1 aliphatic rings. The number of thiazole rings is 1. The monoisotopic (exact) mass is 541 g/mol. The van der Waals surface area contributed by atoms with Gasteiger partial charge in [0.25, 0.3) is 5.91 Å². The van der Waals surface area contributed by atoms with E-state index in [1.54, 1.807) is 42.7 Å². The number of hydrazone groups is 1. The van der Waals surface area contributed by atoms with Crippen molar-refractivity contribution in [1.29, 1.82) is 0 Å². The van der Waals surface area contributed by atoms with E-state index in [0.717, 1.165) is 15.8 Å². The number of nitrogens with zero attached hydrogens (tertiary/aromatic N) is 3. The van der Waals surface area contributed by atoms with Crippen molar-refractivity contribution in [3.8, 4) is 10.6 Å². The number of carbonyl (C=O) groups excluding carboxylic acids is 2. The molecule has 1 amide bonds. The minimum Gasteiger partial charge on any atom is -0.467 e. The zero-order valence-electron chi connectivity index (χ0n) is 19.9. The summed E-state index contributed by atoms with van der Waals surface area (Å²) in [5.74, 6) is -0.469. The Morgan fingerprint density at radius 3 is 2.58 bits per heavy atom. The van der Waals surface area contributed by atoms with Gasteiger partial charge in [-0.05, 0) is 48.0 Å². The Hall–Kier alpha value is -4.27. The first-order valence-electron chi connectivity index (χ1n) is 11.9. The van der Waals surface area contributed by atoms with Gasteiger partial charge in [0.15, 0.2) is 6.61 Å². The number of furan rings is 1. The van der Waals surface area contributed by atoms with Crippen LogP contribution in [0.1, 0.15) is 34.1 Å². The molecular formula is C29H20ClN3O4S. The Kier molecular flexibility index (Phi) is 6.49. The molecule has 0 spiro atoms. The summed E-state index contributed by atoms with van der Waals surface area (Å²) < 4.78 is 12.1. The quantitative estimate of drug-likeness (QED) is 0.222. The number of amides is 1. The molecule has 1 atom stereocenters. The number of esters is 1.